The minimum absolute atomic E-state index is 0.00329. The molecule has 0 saturated heterocycles. The average molecular weight is 401 g/mol. The number of carbonyl (C=O) groups excluding carboxylic acids is 3. The Morgan fingerprint density at radius 2 is 1.79 bits per heavy atom. The van der Waals surface area contributed by atoms with Crippen LogP contribution in [-0.2, 0) is 23.9 Å². The van der Waals surface area contributed by atoms with Crippen LogP contribution in [0.15, 0.2) is 23.3 Å². The van der Waals surface area contributed by atoms with Crippen LogP contribution in [0.25, 0.3) is 0 Å². The molecule has 0 spiro atoms. The Morgan fingerprint density at radius 1 is 1.10 bits per heavy atom. The molecular weight excluding hydrogens is 368 g/mol. The first-order valence-corrected chi connectivity index (χ1v) is 10.8. The molecule has 29 heavy (non-hydrogen) atoms. The van der Waals surface area contributed by atoms with Crippen molar-refractivity contribution in [1.29, 1.82) is 0 Å². The topological polar surface area (TPSA) is 69.7 Å². The molecular formula is C24H32O5. The summed E-state index contributed by atoms with van der Waals surface area (Å²) >= 11 is 0. The van der Waals surface area contributed by atoms with Gasteiger partial charge in [0.05, 0.1) is 7.11 Å². The molecule has 2 saturated carbocycles. The van der Waals surface area contributed by atoms with Gasteiger partial charge in [-0.2, -0.15) is 0 Å². The van der Waals surface area contributed by atoms with Crippen molar-refractivity contribution < 1.29 is 23.9 Å². The highest BCUT2D eigenvalue weighted by Crippen LogP contribution is 2.67. The van der Waals surface area contributed by atoms with E-state index in [9.17, 15) is 14.4 Å². The summed E-state index contributed by atoms with van der Waals surface area (Å²) in [4.78, 5) is 37.0. The van der Waals surface area contributed by atoms with E-state index in [0.29, 0.717) is 24.7 Å². The van der Waals surface area contributed by atoms with Crippen molar-refractivity contribution in [2.75, 3.05) is 7.11 Å². The quantitative estimate of drug-likeness (QED) is 0.651. The van der Waals surface area contributed by atoms with E-state index in [1.165, 1.54) is 25.2 Å². The van der Waals surface area contributed by atoms with Crippen molar-refractivity contribution in [3.8, 4) is 0 Å². The van der Waals surface area contributed by atoms with Crippen LogP contribution in [0.3, 0.4) is 0 Å². The molecule has 0 radical (unpaired) electrons. The van der Waals surface area contributed by atoms with Crippen LogP contribution in [0.1, 0.15) is 66.2 Å². The molecule has 6 atom stereocenters. The third-order valence-corrected chi connectivity index (χ3v) is 8.78. The minimum atomic E-state index is -1.20. The van der Waals surface area contributed by atoms with E-state index in [1.807, 2.05) is 6.08 Å². The summed E-state index contributed by atoms with van der Waals surface area (Å²) in [6.45, 7) is 7.91. The summed E-state index contributed by atoms with van der Waals surface area (Å²) in [6.07, 6.45) is 8.80. The van der Waals surface area contributed by atoms with Crippen molar-refractivity contribution in [2.45, 2.75) is 71.8 Å². The van der Waals surface area contributed by atoms with E-state index in [-0.39, 0.29) is 17.1 Å². The number of ketones is 1. The fraction of sp³-hybridized carbons (Fsp3) is 0.708. The zero-order valence-electron chi connectivity index (χ0n) is 18.2. The fourth-order valence-electron chi connectivity index (χ4n) is 7.37. The van der Waals surface area contributed by atoms with Crippen LogP contribution in [0, 0.1) is 28.6 Å². The van der Waals surface area contributed by atoms with E-state index < -0.39 is 23.0 Å². The van der Waals surface area contributed by atoms with Gasteiger partial charge in [0.25, 0.3) is 0 Å². The van der Waals surface area contributed by atoms with Crippen LogP contribution in [0.5, 0.6) is 0 Å². The molecule has 4 aliphatic rings. The molecule has 4 unspecified atom stereocenters. The highest BCUT2D eigenvalue weighted by Gasteiger charge is 2.69. The summed E-state index contributed by atoms with van der Waals surface area (Å²) in [7, 11) is 1.37. The van der Waals surface area contributed by atoms with Crippen molar-refractivity contribution in [1.82, 2.24) is 0 Å². The first kappa shape index (κ1) is 20.4. The van der Waals surface area contributed by atoms with Crippen molar-refractivity contribution in [2.24, 2.45) is 28.6 Å². The number of ether oxygens (including phenoxy) is 2. The van der Waals surface area contributed by atoms with Gasteiger partial charge in [-0.3, -0.25) is 9.59 Å². The van der Waals surface area contributed by atoms with Gasteiger partial charge in [-0.05, 0) is 73.8 Å². The first-order valence-electron chi connectivity index (χ1n) is 10.8. The molecule has 4 aliphatic carbocycles. The Balaban J connectivity index is 1.79. The second kappa shape index (κ2) is 6.55. The van der Waals surface area contributed by atoms with Gasteiger partial charge in [-0.1, -0.05) is 25.5 Å². The largest absolute Gasteiger partial charge is 0.466 e. The van der Waals surface area contributed by atoms with Gasteiger partial charge in [0, 0.05) is 18.8 Å². The number of carbonyl (C=O) groups is 3. The number of methoxy groups -OCH3 is 1. The zero-order valence-corrected chi connectivity index (χ0v) is 18.2. The smallest absolute Gasteiger partial charge is 0.350 e. The summed E-state index contributed by atoms with van der Waals surface area (Å²) in [5, 5.41) is 0. The van der Waals surface area contributed by atoms with Gasteiger partial charge in [0.15, 0.2) is 5.78 Å². The molecule has 0 N–H and O–H groups in total. The van der Waals surface area contributed by atoms with E-state index >= 15 is 0 Å². The summed E-state index contributed by atoms with van der Waals surface area (Å²) in [5.41, 5.74) is 0.734. The average Bonchev–Trinajstić information content (AvgIpc) is 2.95. The number of fused-ring (bicyclic) bond motifs is 5. The first-order chi connectivity index (χ1) is 13.6. The molecule has 5 heteroatoms. The number of esters is 2. The second-order valence-electron chi connectivity index (χ2n) is 9.99. The van der Waals surface area contributed by atoms with Crippen LogP contribution in [0.4, 0.5) is 0 Å². The Kier molecular flexibility index (Phi) is 4.60. The molecule has 0 aromatic rings. The Bertz CT molecular complexity index is 838. The maximum atomic E-state index is 12.9. The predicted octanol–water partition coefficient (Wildman–Crippen LogP) is 4.16. The van der Waals surface area contributed by atoms with Gasteiger partial charge in [0.1, 0.15) is 0 Å². The van der Waals surface area contributed by atoms with Crippen molar-refractivity contribution >= 4 is 17.7 Å². The molecule has 0 aromatic heterocycles. The van der Waals surface area contributed by atoms with Crippen LogP contribution in [-0.4, -0.2) is 30.4 Å². The Hall–Kier alpha value is -1.91. The van der Waals surface area contributed by atoms with E-state index in [1.54, 1.807) is 0 Å². The van der Waals surface area contributed by atoms with Gasteiger partial charge < -0.3 is 9.47 Å². The Labute approximate surface area is 172 Å². The molecule has 0 amide bonds. The number of hydrogen-bond acceptors (Lipinski definition) is 5. The number of allylic oxidation sites excluding steroid dienone is 4. The van der Waals surface area contributed by atoms with E-state index in [2.05, 4.69) is 26.8 Å². The van der Waals surface area contributed by atoms with Crippen LogP contribution >= 0.6 is 0 Å². The summed E-state index contributed by atoms with van der Waals surface area (Å²) in [5.74, 6) is 0.358. The number of hydrogen-bond donors (Lipinski definition) is 0. The highest BCUT2D eigenvalue weighted by atomic mass is 16.6. The third kappa shape index (κ3) is 2.62. The van der Waals surface area contributed by atoms with Gasteiger partial charge in [-0.15, -0.1) is 0 Å². The third-order valence-electron chi connectivity index (χ3n) is 8.78. The molecule has 0 bridgehead atoms. The molecule has 0 aliphatic heterocycles. The van der Waals surface area contributed by atoms with Gasteiger partial charge >= 0.3 is 11.9 Å². The van der Waals surface area contributed by atoms with Crippen LogP contribution < -0.4 is 0 Å². The lowest BCUT2D eigenvalue weighted by molar-refractivity contribution is -0.200. The molecule has 0 aromatic carbocycles. The lowest BCUT2D eigenvalue weighted by Gasteiger charge is -2.57. The monoisotopic (exact) mass is 400 g/mol. The molecule has 0 heterocycles. The predicted molar refractivity (Wildman–Crippen MR) is 108 cm³/mol. The van der Waals surface area contributed by atoms with Crippen molar-refractivity contribution in [3.63, 3.8) is 0 Å². The lowest BCUT2D eigenvalue weighted by Crippen LogP contribution is -2.59. The Morgan fingerprint density at radius 3 is 2.45 bits per heavy atom. The van der Waals surface area contributed by atoms with Gasteiger partial charge in [0.2, 0.25) is 5.60 Å². The molecule has 2 fully saturated rings. The SMILES string of the molecule is COC(=O)C1(OC(C)=O)CCC2C3C=C(C)C4=CC(=O)CC[C@]4(C)C3CC[C@@]21C. The minimum Gasteiger partial charge on any atom is -0.466 e. The van der Waals surface area contributed by atoms with Crippen LogP contribution in [0.2, 0.25) is 0 Å². The van der Waals surface area contributed by atoms with Gasteiger partial charge in [-0.25, -0.2) is 4.79 Å². The van der Waals surface area contributed by atoms with Crippen molar-refractivity contribution in [3.05, 3.63) is 23.3 Å². The highest BCUT2D eigenvalue weighted by molar-refractivity contribution is 5.92. The molecule has 4 rings (SSSR count). The number of rotatable bonds is 2. The second-order valence-corrected chi connectivity index (χ2v) is 9.99. The normalized spacial score (nSPS) is 43.3. The van der Waals surface area contributed by atoms with E-state index in [0.717, 1.165) is 25.7 Å². The molecule has 158 valence electrons. The zero-order chi connectivity index (χ0) is 21.2. The summed E-state index contributed by atoms with van der Waals surface area (Å²) < 4.78 is 10.9. The lowest BCUT2D eigenvalue weighted by atomic mass is 9.47. The molecule has 5 nitrogen and oxygen atoms in total. The standard InChI is InChI=1S/C24H32O5/c1-14-12-17-18(22(3)9-6-16(26)13-20(14)22)7-10-23(4)19(17)8-11-24(23,21(27)28-5)29-15(2)25/h12-13,17-19H,6-11H2,1-5H3/t17?,18?,19?,22-,23+,24?/m1/s1. The maximum absolute atomic E-state index is 12.9. The maximum Gasteiger partial charge on any atom is 0.350 e. The fourth-order valence-corrected chi connectivity index (χ4v) is 7.37. The summed E-state index contributed by atoms with van der Waals surface area (Å²) in [6, 6.07) is 0. The van der Waals surface area contributed by atoms with E-state index in [4.69, 9.17) is 9.47 Å².